The number of halogens is 3. The SMILES string of the molecule is CC(C)[C@H](NC(=O)N[C@H](C)C(=O)NCCF)c1ccc(F)cc1F. The second-order valence-electron chi connectivity index (χ2n) is 5.71. The van der Waals surface area contributed by atoms with E-state index in [1.54, 1.807) is 13.8 Å². The lowest BCUT2D eigenvalue weighted by molar-refractivity contribution is -0.122. The van der Waals surface area contributed by atoms with Crippen molar-refractivity contribution < 1.29 is 22.8 Å². The van der Waals surface area contributed by atoms with Crippen LogP contribution in [-0.2, 0) is 4.79 Å². The molecule has 1 aromatic rings. The molecule has 0 heterocycles. The van der Waals surface area contributed by atoms with Gasteiger partial charge in [-0.1, -0.05) is 19.9 Å². The van der Waals surface area contributed by atoms with E-state index >= 15 is 0 Å². The van der Waals surface area contributed by atoms with Gasteiger partial charge in [0.1, 0.15) is 24.4 Å². The van der Waals surface area contributed by atoms with Crippen molar-refractivity contribution in [2.75, 3.05) is 13.2 Å². The third kappa shape index (κ3) is 5.75. The van der Waals surface area contributed by atoms with E-state index < -0.39 is 42.3 Å². The van der Waals surface area contributed by atoms with Crippen molar-refractivity contribution in [2.24, 2.45) is 5.92 Å². The van der Waals surface area contributed by atoms with Crippen LogP contribution in [0.2, 0.25) is 0 Å². The summed E-state index contributed by atoms with van der Waals surface area (Å²) in [5, 5.41) is 7.26. The minimum atomic E-state index is -0.887. The van der Waals surface area contributed by atoms with Crippen LogP contribution in [0.4, 0.5) is 18.0 Å². The summed E-state index contributed by atoms with van der Waals surface area (Å²) in [6, 6.07) is 0.861. The number of hydrogen-bond acceptors (Lipinski definition) is 2. The predicted molar refractivity (Wildman–Crippen MR) is 84.1 cm³/mol. The highest BCUT2D eigenvalue weighted by Crippen LogP contribution is 2.24. The summed E-state index contributed by atoms with van der Waals surface area (Å²) in [6.45, 7) is 4.14. The molecule has 0 aliphatic rings. The first-order valence-electron chi connectivity index (χ1n) is 7.62. The molecule has 134 valence electrons. The number of urea groups is 1. The molecule has 5 nitrogen and oxygen atoms in total. The molecule has 1 aromatic carbocycles. The molecule has 0 aromatic heterocycles. The number of hydrogen-bond donors (Lipinski definition) is 3. The van der Waals surface area contributed by atoms with Crippen molar-refractivity contribution in [1.29, 1.82) is 0 Å². The molecule has 0 saturated heterocycles. The fourth-order valence-corrected chi connectivity index (χ4v) is 2.13. The number of alkyl halides is 1. The number of nitrogens with one attached hydrogen (secondary N) is 3. The van der Waals surface area contributed by atoms with E-state index in [2.05, 4.69) is 16.0 Å². The maximum atomic E-state index is 13.9. The molecule has 2 atom stereocenters. The van der Waals surface area contributed by atoms with Crippen LogP contribution < -0.4 is 16.0 Å². The van der Waals surface area contributed by atoms with Gasteiger partial charge in [0.15, 0.2) is 0 Å². The summed E-state index contributed by atoms with van der Waals surface area (Å²) < 4.78 is 39.0. The highest BCUT2D eigenvalue weighted by atomic mass is 19.1. The van der Waals surface area contributed by atoms with E-state index in [0.29, 0.717) is 0 Å². The maximum Gasteiger partial charge on any atom is 0.315 e. The highest BCUT2D eigenvalue weighted by Gasteiger charge is 2.23. The van der Waals surface area contributed by atoms with E-state index in [0.717, 1.165) is 12.1 Å². The summed E-state index contributed by atoms with van der Waals surface area (Å²) >= 11 is 0. The van der Waals surface area contributed by atoms with Crippen molar-refractivity contribution in [3.05, 3.63) is 35.4 Å². The van der Waals surface area contributed by atoms with Gasteiger partial charge in [-0.25, -0.2) is 18.0 Å². The van der Waals surface area contributed by atoms with Crippen LogP contribution in [0.5, 0.6) is 0 Å². The average molecular weight is 345 g/mol. The van der Waals surface area contributed by atoms with Gasteiger partial charge in [0.25, 0.3) is 0 Å². The van der Waals surface area contributed by atoms with Gasteiger partial charge in [0.2, 0.25) is 5.91 Å². The van der Waals surface area contributed by atoms with E-state index in [4.69, 9.17) is 0 Å². The van der Waals surface area contributed by atoms with Crippen LogP contribution >= 0.6 is 0 Å². The Labute approximate surface area is 139 Å². The Morgan fingerprint density at radius 2 is 1.79 bits per heavy atom. The van der Waals surface area contributed by atoms with Gasteiger partial charge in [0.05, 0.1) is 6.04 Å². The van der Waals surface area contributed by atoms with Gasteiger partial charge in [-0.2, -0.15) is 0 Å². The Hall–Kier alpha value is -2.25. The highest BCUT2D eigenvalue weighted by molar-refractivity contribution is 5.86. The van der Waals surface area contributed by atoms with Crippen molar-refractivity contribution in [3.63, 3.8) is 0 Å². The lowest BCUT2D eigenvalue weighted by atomic mass is 9.95. The number of carbonyl (C=O) groups is 2. The molecule has 0 aliphatic heterocycles. The number of amides is 3. The van der Waals surface area contributed by atoms with Gasteiger partial charge < -0.3 is 16.0 Å². The molecule has 0 radical (unpaired) electrons. The molecule has 3 N–H and O–H groups in total. The second kappa shape index (κ2) is 9.14. The molecule has 8 heteroatoms. The van der Waals surface area contributed by atoms with Crippen LogP contribution in [0, 0.1) is 17.6 Å². The van der Waals surface area contributed by atoms with Crippen molar-refractivity contribution in [1.82, 2.24) is 16.0 Å². The Bertz CT molecular complexity index is 582. The van der Waals surface area contributed by atoms with Gasteiger partial charge in [0, 0.05) is 18.2 Å². The van der Waals surface area contributed by atoms with E-state index in [-0.39, 0.29) is 18.0 Å². The summed E-state index contributed by atoms with van der Waals surface area (Å²) in [5.41, 5.74) is 0.149. The average Bonchev–Trinajstić information content (AvgIpc) is 2.50. The third-order valence-electron chi connectivity index (χ3n) is 3.39. The van der Waals surface area contributed by atoms with Crippen molar-refractivity contribution in [3.8, 4) is 0 Å². The Balaban J connectivity index is 2.75. The summed E-state index contributed by atoms with van der Waals surface area (Å²) in [7, 11) is 0. The zero-order valence-electron chi connectivity index (χ0n) is 13.8. The number of carbonyl (C=O) groups excluding carboxylic acids is 2. The Morgan fingerprint density at radius 3 is 2.33 bits per heavy atom. The summed E-state index contributed by atoms with van der Waals surface area (Å²) in [6.07, 6.45) is 0. The van der Waals surface area contributed by atoms with Gasteiger partial charge in [-0.3, -0.25) is 4.79 Å². The van der Waals surface area contributed by atoms with Crippen LogP contribution in [0.1, 0.15) is 32.4 Å². The first-order chi connectivity index (χ1) is 11.3. The fraction of sp³-hybridized carbons (Fsp3) is 0.500. The van der Waals surface area contributed by atoms with Crippen molar-refractivity contribution in [2.45, 2.75) is 32.9 Å². The van der Waals surface area contributed by atoms with E-state index in [1.807, 2.05) is 0 Å². The van der Waals surface area contributed by atoms with Crippen LogP contribution in [0.25, 0.3) is 0 Å². The van der Waals surface area contributed by atoms with E-state index in [1.165, 1.54) is 13.0 Å². The molecule has 0 unspecified atom stereocenters. The lowest BCUT2D eigenvalue weighted by Crippen LogP contribution is -2.50. The monoisotopic (exact) mass is 345 g/mol. The lowest BCUT2D eigenvalue weighted by Gasteiger charge is -2.24. The molecular weight excluding hydrogens is 323 g/mol. The zero-order valence-corrected chi connectivity index (χ0v) is 13.8. The largest absolute Gasteiger partial charge is 0.352 e. The van der Waals surface area contributed by atoms with Crippen LogP contribution in [0.15, 0.2) is 18.2 Å². The first kappa shape index (κ1) is 19.8. The molecule has 0 spiro atoms. The van der Waals surface area contributed by atoms with Crippen LogP contribution in [-0.4, -0.2) is 31.2 Å². The topological polar surface area (TPSA) is 70.2 Å². The Kier molecular flexibility index (Phi) is 7.54. The fourth-order valence-electron chi connectivity index (χ4n) is 2.13. The maximum absolute atomic E-state index is 13.9. The van der Waals surface area contributed by atoms with Gasteiger partial charge in [-0.05, 0) is 18.9 Å². The van der Waals surface area contributed by atoms with Gasteiger partial charge in [-0.15, -0.1) is 0 Å². The molecule has 3 amide bonds. The van der Waals surface area contributed by atoms with Crippen LogP contribution in [0.3, 0.4) is 0 Å². The minimum Gasteiger partial charge on any atom is -0.352 e. The zero-order chi connectivity index (χ0) is 18.3. The number of rotatable bonds is 7. The molecule has 0 saturated carbocycles. The van der Waals surface area contributed by atoms with Crippen molar-refractivity contribution >= 4 is 11.9 Å². The van der Waals surface area contributed by atoms with Gasteiger partial charge >= 0.3 is 6.03 Å². The predicted octanol–water partition coefficient (Wildman–Crippen LogP) is 2.44. The smallest absolute Gasteiger partial charge is 0.315 e. The standard InChI is InChI=1S/C16H22F3N3O2/c1-9(2)14(12-5-4-11(18)8-13(12)19)22-16(24)21-10(3)15(23)20-7-6-17/h4-5,8-10,14H,6-7H2,1-3H3,(H,20,23)(H2,21,22,24)/t10-,14+/m1/s1. The quantitative estimate of drug-likeness (QED) is 0.710. The summed E-state index contributed by atoms with van der Waals surface area (Å²) in [4.78, 5) is 23.6. The molecular formula is C16H22F3N3O2. The molecule has 1 rings (SSSR count). The molecule has 0 fully saturated rings. The third-order valence-corrected chi connectivity index (χ3v) is 3.39. The Morgan fingerprint density at radius 1 is 1.12 bits per heavy atom. The molecule has 24 heavy (non-hydrogen) atoms. The first-order valence-corrected chi connectivity index (χ1v) is 7.62. The summed E-state index contributed by atoms with van der Waals surface area (Å²) in [5.74, 6) is -2.17. The van der Waals surface area contributed by atoms with E-state index in [9.17, 15) is 22.8 Å². The normalized spacial score (nSPS) is 13.3. The second-order valence-corrected chi connectivity index (χ2v) is 5.71. The minimum absolute atomic E-state index is 0.137. The molecule has 0 bridgehead atoms. The number of benzene rings is 1. The molecule has 0 aliphatic carbocycles.